The Morgan fingerprint density at radius 2 is 1.69 bits per heavy atom. The molecule has 0 amide bonds. The predicted molar refractivity (Wildman–Crippen MR) is 104 cm³/mol. The smallest absolute Gasteiger partial charge is 0.310 e. The van der Waals surface area contributed by atoms with Crippen molar-refractivity contribution in [2.24, 2.45) is 11.8 Å². The van der Waals surface area contributed by atoms with E-state index < -0.39 is 5.56 Å². The zero-order chi connectivity index (χ0) is 18.8. The summed E-state index contributed by atoms with van der Waals surface area (Å²) in [4.78, 5) is 32.0. The molecule has 0 unspecified atom stereocenters. The molecule has 0 radical (unpaired) electrons. The fourth-order valence-corrected chi connectivity index (χ4v) is 3.13. The van der Waals surface area contributed by atoms with E-state index in [0.29, 0.717) is 30.2 Å². The summed E-state index contributed by atoms with van der Waals surface area (Å²) in [5, 5.41) is 0. The Bertz CT molecular complexity index is 1010. The third kappa shape index (κ3) is 3.49. The number of hydrogen-bond donors (Lipinski definition) is 1. The minimum absolute atomic E-state index is 0.274. The van der Waals surface area contributed by atoms with Crippen LogP contribution in [0.15, 0.2) is 39.9 Å². The third-order valence-corrected chi connectivity index (χ3v) is 4.39. The zero-order valence-electron chi connectivity index (χ0n) is 15.8. The van der Waals surface area contributed by atoms with Crippen LogP contribution in [0, 0.1) is 11.8 Å². The van der Waals surface area contributed by atoms with Crippen molar-refractivity contribution in [3.63, 3.8) is 0 Å². The van der Waals surface area contributed by atoms with Gasteiger partial charge in [-0.25, -0.2) is 9.78 Å². The molecular weight excluding hydrogens is 328 g/mol. The van der Waals surface area contributed by atoms with E-state index in [0.717, 1.165) is 17.8 Å². The van der Waals surface area contributed by atoms with Crippen molar-refractivity contribution in [3.8, 4) is 11.4 Å². The van der Waals surface area contributed by atoms with Crippen LogP contribution in [0.2, 0.25) is 0 Å². The van der Waals surface area contributed by atoms with Crippen LogP contribution in [0.5, 0.6) is 0 Å². The molecule has 0 saturated carbocycles. The van der Waals surface area contributed by atoms with Gasteiger partial charge < -0.3 is 4.57 Å². The summed E-state index contributed by atoms with van der Waals surface area (Å²) in [6.45, 7) is 9.67. The van der Waals surface area contributed by atoms with Crippen molar-refractivity contribution in [1.82, 2.24) is 19.1 Å². The van der Waals surface area contributed by atoms with E-state index in [1.54, 1.807) is 4.57 Å². The number of nitrogens with zero attached hydrogens (tertiary/aromatic N) is 3. The average Bonchev–Trinajstić information content (AvgIpc) is 2.97. The number of H-pyrrole nitrogens is 1. The fraction of sp³-hybridized carbons (Fsp3) is 0.450. The molecule has 1 aromatic carbocycles. The quantitative estimate of drug-likeness (QED) is 0.738. The monoisotopic (exact) mass is 354 g/mol. The normalized spacial score (nSPS) is 11.8. The minimum atomic E-state index is -0.425. The van der Waals surface area contributed by atoms with Crippen molar-refractivity contribution in [1.29, 1.82) is 0 Å². The Morgan fingerprint density at radius 1 is 1.00 bits per heavy atom. The van der Waals surface area contributed by atoms with E-state index in [1.165, 1.54) is 0 Å². The van der Waals surface area contributed by atoms with Gasteiger partial charge in [-0.1, -0.05) is 58.0 Å². The van der Waals surface area contributed by atoms with Crippen molar-refractivity contribution >= 4 is 11.2 Å². The van der Waals surface area contributed by atoms with Crippen molar-refractivity contribution in [3.05, 3.63) is 51.2 Å². The zero-order valence-corrected chi connectivity index (χ0v) is 15.8. The van der Waals surface area contributed by atoms with Crippen LogP contribution < -0.4 is 11.2 Å². The van der Waals surface area contributed by atoms with E-state index in [1.807, 2.05) is 34.9 Å². The first-order valence-electron chi connectivity index (χ1n) is 9.17. The molecule has 0 atom stereocenters. The molecular formula is C20H26N4O2. The highest BCUT2D eigenvalue weighted by molar-refractivity contribution is 5.76. The Labute approximate surface area is 152 Å². The molecule has 3 rings (SSSR count). The molecule has 2 aromatic heterocycles. The Balaban J connectivity index is 2.34. The maximum absolute atomic E-state index is 12.5. The number of rotatable bonds is 6. The molecule has 2 heterocycles. The summed E-state index contributed by atoms with van der Waals surface area (Å²) in [7, 11) is 0. The van der Waals surface area contributed by atoms with Gasteiger partial charge in [0.15, 0.2) is 11.2 Å². The second kappa shape index (κ2) is 7.32. The first-order chi connectivity index (χ1) is 12.4. The Morgan fingerprint density at radius 3 is 2.31 bits per heavy atom. The number of imidazole rings is 1. The molecule has 0 aliphatic rings. The molecule has 0 fully saturated rings. The van der Waals surface area contributed by atoms with Crippen LogP contribution in [0.3, 0.4) is 0 Å². The largest absolute Gasteiger partial charge is 0.330 e. The maximum atomic E-state index is 12.5. The van der Waals surface area contributed by atoms with Crippen molar-refractivity contribution in [2.75, 3.05) is 0 Å². The number of hydrogen-bond acceptors (Lipinski definition) is 3. The molecule has 6 heteroatoms. The number of benzene rings is 1. The van der Waals surface area contributed by atoms with Crippen LogP contribution in [0.4, 0.5) is 0 Å². The minimum Gasteiger partial charge on any atom is -0.310 e. The lowest BCUT2D eigenvalue weighted by Crippen LogP contribution is -2.32. The highest BCUT2D eigenvalue weighted by atomic mass is 16.2. The summed E-state index contributed by atoms with van der Waals surface area (Å²) in [5.74, 6) is 1.51. The molecule has 138 valence electrons. The third-order valence-electron chi connectivity index (χ3n) is 4.39. The predicted octanol–water partition coefficient (Wildman–Crippen LogP) is 3.26. The van der Waals surface area contributed by atoms with Gasteiger partial charge in [-0.05, 0) is 18.3 Å². The second-order valence-corrected chi connectivity index (χ2v) is 7.57. The first kappa shape index (κ1) is 18.2. The van der Waals surface area contributed by atoms with Gasteiger partial charge in [-0.15, -0.1) is 0 Å². The first-order valence-corrected chi connectivity index (χ1v) is 9.17. The standard InChI is InChI=1S/C20H26N4O2/c1-13(2)10-11-23-17(15-8-6-5-7-9-15)21-16-18(25)22-20(26)24(19(16)23)12-14(3)4/h5-9,13-14H,10-12H2,1-4H3,(H,22,25,26). The van der Waals surface area contributed by atoms with Gasteiger partial charge in [-0.3, -0.25) is 14.3 Å². The average molecular weight is 354 g/mol. The van der Waals surface area contributed by atoms with Crippen molar-refractivity contribution in [2.45, 2.75) is 47.2 Å². The summed E-state index contributed by atoms with van der Waals surface area (Å²) in [5.41, 5.74) is 1.09. The van der Waals surface area contributed by atoms with Gasteiger partial charge >= 0.3 is 5.69 Å². The molecule has 0 bridgehead atoms. The molecule has 0 aliphatic heterocycles. The number of fused-ring (bicyclic) bond motifs is 1. The van der Waals surface area contributed by atoms with Crippen LogP contribution in [-0.4, -0.2) is 19.1 Å². The van der Waals surface area contributed by atoms with E-state index in [-0.39, 0.29) is 11.6 Å². The van der Waals surface area contributed by atoms with E-state index >= 15 is 0 Å². The van der Waals surface area contributed by atoms with Crippen molar-refractivity contribution < 1.29 is 0 Å². The molecule has 6 nitrogen and oxygen atoms in total. The van der Waals surface area contributed by atoms with Crippen LogP contribution in [0.25, 0.3) is 22.6 Å². The summed E-state index contributed by atoms with van der Waals surface area (Å²) in [6.07, 6.45) is 0.938. The van der Waals surface area contributed by atoms with Gasteiger partial charge in [0.05, 0.1) is 0 Å². The van der Waals surface area contributed by atoms with E-state index in [4.69, 9.17) is 0 Å². The summed E-state index contributed by atoms with van der Waals surface area (Å²) in [6, 6.07) is 9.81. The topological polar surface area (TPSA) is 72.7 Å². The highest BCUT2D eigenvalue weighted by Gasteiger charge is 2.20. The SMILES string of the molecule is CC(C)CCn1c(-c2ccccc2)nc2c(=O)[nH]c(=O)n(CC(C)C)c21. The highest BCUT2D eigenvalue weighted by Crippen LogP contribution is 2.24. The molecule has 0 spiro atoms. The lowest BCUT2D eigenvalue weighted by molar-refractivity contribution is 0.491. The fourth-order valence-electron chi connectivity index (χ4n) is 3.13. The molecule has 0 saturated heterocycles. The maximum Gasteiger partial charge on any atom is 0.330 e. The van der Waals surface area contributed by atoms with Gasteiger partial charge in [-0.2, -0.15) is 0 Å². The Hall–Kier alpha value is -2.63. The number of aromatic amines is 1. The molecule has 3 aromatic rings. The van der Waals surface area contributed by atoms with E-state index in [2.05, 4.69) is 37.7 Å². The van der Waals surface area contributed by atoms with E-state index in [9.17, 15) is 9.59 Å². The molecule has 1 N–H and O–H groups in total. The number of aromatic nitrogens is 4. The van der Waals surface area contributed by atoms with Gasteiger partial charge in [0.2, 0.25) is 0 Å². The van der Waals surface area contributed by atoms with Crippen LogP contribution >= 0.6 is 0 Å². The van der Waals surface area contributed by atoms with Crippen LogP contribution in [-0.2, 0) is 13.1 Å². The van der Waals surface area contributed by atoms with Crippen LogP contribution in [0.1, 0.15) is 34.1 Å². The Kier molecular flexibility index (Phi) is 5.11. The number of aryl methyl sites for hydroxylation is 1. The summed E-state index contributed by atoms with van der Waals surface area (Å²) >= 11 is 0. The second-order valence-electron chi connectivity index (χ2n) is 7.57. The van der Waals surface area contributed by atoms with Gasteiger partial charge in [0.25, 0.3) is 5.56 Å². The molecule has 26 heavy (non-hydrogen) atoms. The van der Waals surface area contributed by atoms with Gasteiger partial charge in [0.1, 0.15) is 5.82 Å². The lowest BCUT2D eigenvalue weighted by Gasteiger charge is -2.15. The summed E-state index contributed by atoms with van der Waals surface area (Å²) < 4.78 is 3.69. The molecule has 0 aliphatic carbocycles. The number of nitrogens with one attached hydrogen (secondary N) is 1. The lowest BCUT2D eigenvalue weighted by atomic mass is 10.1. The van der Waals surface area contributed by atoms with Gasteiger partial charge in [0, 0.05) is 18.7 Å².